The average molecular weight is 418 g/mol. The maximum Gasteiger partial charge on any atom is 0.307 e. The number of carbonyl (C=O) groups excluding carboxylic acids is 4. The molecule has 3 N–H and O–H groups in total. The van der Waals surface area contributed by atoms with Crippen LogP contribution in [0.3, 0.4) is 0 Å². The summed E-state index contributed by atoms with van der Waals surface area (Å²) in [6.07, 6.45) is 0.283. The Labute approximate surface area is 176 Å². The minimum Gasteiger partial charge on any atom is -0.465 e. The van der Waals surface area contributed by atoms with E-state index >= 15 is 0 Å². The second kappa shape index (κ2) is 11.3. The van der Waals surface area contributed by atoms with Crippen LogP contribution in [0, 0.1) is 5.92 Å². The third kappa shape index (κ3) is 7.47. The largest absolute Gasteiger partial charge is 0.465 e. The molecule has 0 spiro atoms. The van der Waals surface area contributed by atoms with Crippen molar-refractivity contribution < 1.29 is 23.9 Å². The molecule has 3 amide bonds. The van der Waals surface area contributed by atoms with Gasteiger partial charge in [0.25, 0.3) is 0 Å². The summed E-state index contributed by atoms with van der Waals surface area (Å²) in [5, 5.41) is 8.23. The van der Waals surface area contributed by atoms with E-state index in [4.69, 9.17) is 4.74 Å². The van der Waals surface area contributed by atoms with Crippen LogP contribution in [0.25, 0.3) is 0 Å². The second-order valence-corrected chi connectivity index (χ2v) is 7.59. The Hall–Kier alpha value is -2.94. The molecule has 0 aromatic heterocycles. The van der Waals surface area contributed by atoms with E-state index in [-0.39, 0.29) is 36.6 Å². The molecule has 1 aromatic rings. The third-order valence-electron chi connectivity index (χ3n) is 4.50. The van der Waals surface area contributed by atoms with Gasteiger partial charge in [-0.3, -0.25) is 24.1 Å². The van der Waals surface area contributed by atoms with E-state index in [9.17, 15) is 19.2 Å². The molecule has 0 aliphatic carbocycles. The van der Waals surface area contributed by atoms with Crippen molar-refractivity contribution in [3.8, 4) is 0 Å². The number of ether oxygens (including phenoxy) is 1. The zero-order chi connectivity index (χ0) is 22.1. The van der Waals surface area contributed by atoms with Crippen molar-refractivity contribution in [2.24, 2.45) is 5.92 Å². The summed E-state index contributed by atoms with van der Waals surface area (Å²) >= 11 is 0. The van der Waals surface area contributed by atoms with E-state index in [1.165, 1.54) is 0 Å². The van der Waals surface area contributed by atoms with Gasteiger partial charge in [0.05, 0.1) is 19.6 Å². The number of nitrogens with one attached hydrogen (secondary N) is 3. The molecule has 1 saturated heterocycles. The predicted molar refractivity (Wildman–Crippen MR) is 113 cm³/mol. The number of benzene rings is 1. The Kier molecular flexibility index (Phi) is 8.79. The van der Waals surface area contributed by atoms with Gasteiger partial charge in [0.1, 0.15) is 6.04 Å². The molecule has 30 heavy (non-hydrogen) atoms. The lowest BCUT2D eigenvalue weighted by atomic mass is 10.1. The Morgan fingerprint density at radius 3 is 2.30 bits per heavy atom. The fourth-order valence-electron chi connectivity index (χ4n) is 2.92. The molecule has 1 heterocycles. The molecule has 9 heteroatoms. The van der Waals surface area contributed by atoms with Crippen LogP contribution in [0.2, 0.25) is 0 Å². The third-order valence-corrected chi connectivity index (χ3v) is 4.50. The highest BCUT2D eigenvalue weighted by molar-refractivity contribution is 5.94. The fourth-order valence-corrected chi connectivity index (χ4v) is 2.92. The molecule has 0 radical (unpaired) electrons. The van der Waals surface area contributed by atoms with Gasteiger partial charge in [0.15, 0.2) is 0 Å². The van der Waals surface area contributed by atoms with Crippen LogP contribution in [-0.2, 0) is 23.9 Å². The van der Waals surface area contributed by atoms with E-state index in [0.29, 0.717) is 37.5 Å². The lowest BCUT2D eigenvalue weighted by molar-refractivity contribution is -0.149. The quantitative estimate of drug-likeness (QED) is 0.522. The predicted octanol–water partition coefficient (Wildman–Crippen LogP) is 1.36. The van der Waals surface area contributed by atoms with Crippen LogP contribution in [0.15, 0.2) is 24.3 Å². The SMILES string of the molecule is CCC(=O)Nc1ccc(NC(=O)CN2CCNC(=O)C2CC(=O)OCC(C)C)cc1. The highest BCUT2D eigenvalue weighted by Crippen LogP contribution is 2.15. The maximum atomic E-state index is 12.5. The normalized spacial score (nSPS) is 16.7. The van der Waals surface area contributed by atoms with Gasteiger partial charge in [0, 0.05) is 30.9 Å². The second-order valence-electron chi connectivity index (χ2n) is 7.59. The molecule has 9 nitrogen and oxygen atoms in total. The van der Waals surface area contributed by atoms with Crippen LogP contribution in [0.1, 0.15) is 33.6 Å². The molecule has 0 bridgehead atoms. The molecule has 1 fully saturated rings. The van der Waals surface area contributed by atoms with Crippen molar-refractivity contribution in [3.63, 3.8) is 0 Å². The van der Waals surface area contributed by atoms with Gasteiger partial charge < -0.3 is 20.7 Å². The number of rotatable bonds is 9. The number of esters is 1. The summed E-state index contributed by atoms with van der Waals surface area (Å²) in [5.74, 6) is -0.922. The van der Waals surface area contributed by atoms with Crippen LogP contribution in [-0.4, -0.2) is 60.9 Å². The van der Waals surface area contributed by atoms with Gasteiger partial charge in [-0.2, -0.15) is 0 Å². The summed E-state index contributed by atoms with van der Waals surface area (Å²) in [6.45, 7) is 6.77. The standard InChI is InChI=1S/C21H30N4O5/c1-4-18(26)23-15-5-7-16(8-6-15)24-19(27)12-25-10-9-22-21(29)17(25)11-20(28)30-13-14(2)3/h5-8,14,17H,4,9-13H2,1-3H3,(H,22,29)(H,23,26)(H,24,27). The topological polar surface area (TPSA) is 117 Å². The van der Waals surface area contributed by atoms with Gasteiger partial charge in [-0.25, -0.2) is 0 Å². The lowest BCUT2D eigenvalue weighted by Crippen LogP contribution is -2.57. The Bertz CT molecular complexity index is 763. The molecular formula is C21H30N4O5. The first kappa shape index (κ1) is 23.3. The van der Waals surface area contributed by atoms with Crippen molar-refractivity contribution in [1.29, 1.82) is 0 Å². The van der Waals surface area contributed by atoms with E-state index in [2.05, 4.69) is 16.0 Å². The smallest absolute Gasteiger partial charge is 0.307 e. The van der Waals surface area contributed by atoms with Crippen LogP contribution >= 0.6 is 0 Å². The summed E-state index contributed by atoms with van der Waals surface area (Å²) in [7, 11) is 0. The molecule has 1 atom stereocenters. The highest BCUT2D eigenvalue weighted by atomic mass is 16.5. The van der Waals surface area contributed by atoms with Crippen molar-refractivity contribution in [1.82, 2.24) is 10.2 Å². The average Bonchev–Trinajstić information content (AvgIpc) is 2.70. The summed E-state index contributed by atoms with van der Waals surface area (Å²) in [4.78, 5) is 49.9. The van der Waals surface area contributed by atoms with Crippen molar-refractivity contribution in [2.75, 3.05) is 36.9 Å². The van der Waals surface area contributed by atoms with Crippen LogP contribution in [0.4, 0.5) is 11.4 Å². The number of piperazine rings is 1. The minimum atomic E-state index is -0.740. The maximum absolute atomic E-state index is 12.5. The van der Waals surface area contributed by atoms with E-state index in [1.807, 2.05) is 13.8 Å². The van der Waals surface area contributed by atoms with Crippen LogP contribution in [0.5, 0.6) is 0 Å². The summed E-state index contributed by atoms with van der Waals surface area (Å²) in [6, 6.07) is 6.03. The first-order valence-electron chi connectivity index (χ1n) is 10.2. The molecule has 1 unspecified atom stereocenters. The van der Waals surface area contributed by atoms with Gasteiger partial charge in [-0.05, 0) is 30.2 Å². The first-order chi connectivity index (χ1) is 14.3. The van der Waals surface area contributed by atoms with Crippen molar-refractivity contribution in [3.05, 3.63) is 24.3 Å². The molecule has 2 rings (SSSR count). The van der Waals surface area contributed by atoms with Crippen molar-refractivity contribution in [2.45, 2.75) is 39.7 Å². The number of nitrogens with zero attached hydrogens (tertiary/aromatic N) is 1. The number of amides is 3. The number of anilines is 2. The zero-order valence-electron chi connectivity index (χ0n) is 17.7. The number of hydrogen-bond donors (Lipinski definition) is 3. The first-order valence-corrected chi connectivity index (χ1v) is 10.2. The Balaban J connectivity index is 1.91. The monoisotopic (exact) mass is 418 g/mol. The summed E-state index contributed by atoms with van der Waals surface area (Å²) < 4.78 is 5.17. The number of carbonyl (C=O) groups is 4. The zero-order valence-corrected chi connectivity index (χ0v) is 17.7. The summed E-state index contributed by atoms with van der Waals surface area (Å²) in [5.41, 5.74) is 1.22. The molecule has 1 aliphatic heterocycles. The minimum absolute atomic E-state index is 0.0239. The molecule has 164 valence electrons. The highest BCUT2D eigenvalue weighted by Gasteiger charge is 2.33. The number of hydrogen-bond acceptors (Lipinski definition) is 6. The van der Waals surface area contributed by atoms with Gasteiger partial charge in [-0.15, -0.1) is 0 Å². The molecule has 1 aromatic carbocycles. The van der Waals surface area contributed by atoms with Crippen molar-refractivity contribution >= 4 is 35.1 Å². The fraction of sp³-hybridized carbons (Fsp3) is 0.524. The molecule has 1 aliphatic rings. The lowest BCUT2D eigenvalue weighted by Gasteiger charge is -2.33. The Morgan fingerprint density at radius 1 is 1.13 bits per heavy atom. The Morgan fingerprint density at radius 2 is 1.73 bits per heavy atom. The van der Waals surface area contributed by atoms with E-state index in [1.54, 1.807) is 36.1 Å². The van der Waals surface area contributed by atoms with E-state index < -0.39 is 12.0 Å². The van der Waals surface area contributed by atoms with E-state index in [0.717, 1.165) is 0 Å². The molecule has 0 saturated carbocycles. The molecular weight excluding hydrogens is 388 g/mol. The van der Waals surface area contributed by atoms with Gasteiger partial charge in [0.2, 0.25) is 17.7 Å². The van der Waals surface area contributed by atoms with Gasteiger partial charge in [-0.1, -0.05) is 20.8 Å². The van der Waals surface area contributed by atoms with Crippen LogP contribution < -0.4 is 16.0 Å². The van der Waals surface area contributed by atoms with Gasteiger partial charge >= 0.3 is 5.97 Å².